The summed E-state index contributed by atoms with van der Waals surface area (Å²) in [5.74, 6) is -0.677. The summed E-state index contributed by atoms with van der Waals surface area (Å²) in [6.45, 7) is 6.05. The van der Waals surface area contributed by atoms with Crippen LogP contribution in [0.15, 0.2) is 69.9 Å². The molecule has 1 fully saturated rings. The maximum absolute atomic E-state index is 13.6. The fraction of sp³-hybridized carbons (Fsp3) is 0.321. The Hall–Kier alpha value is -4.12. The molecule has 2 aromatic carbocycles. The number of esters is 2. The number of nitrogens with one attached hydrogen (secondary N) is 1. The molecular formula is C28H30N4O6S. The smallest absolute Gasteiger partial charge is 0.338 e. The minimum absolute atomic E-state index is 0.160. The van der Waals surface area contributed by atoms with Crippen molar-refractivity contribution in [2.75, 3.05) is 25.7 Å². The fourth-order valence-electron chi connectivity index (χ4n) is 4.03. The third kappa shape index (κ3) is 6.14. The van der Waals surface area contributed by atoms with Crippen LogP contribution < -0.4 is 10.2 Å². The third-order valence-corrected chi connectivity index (χ3v) is 6.98. The second-order valence-electron chi connectivity index (χ2n) is 8.66. The summed E-state index contributed by atoms with van der Waals surface area (Å²) in [6.07, 6.45) is 1.75. The summed E-state index contributed by atoms with van der Waals surface area (Å²) in [5, 5.41) is 4.88. The molecule has 1 N–H and O–H groups in total. The van der Waals surface area contributed by atoms with Gasteiger partial charge in [0, 0.05) is 0 Å². The van der Waals surface area contributed by atoms with Crippen molar-refractivity contribution in [3.8, 4) is 5.75 Å². The van der Waals surface area contributed by atoms with Crippen LogP contribution in [0.5, 0.6) is 5.75 Å². The van der Waals surface area contributed by atoms with Crippen molar-refractivity contribution >= 4 is 45.5 Å². The Labute approximate surface area is 231 Å². The van der Waals surface area contributed by atoms with Crippen molar-refractivity contribution in [1.29, 1.82) is 0 Å². The lowest BCUT2D eigenvalue weighted by molar-refractivity contribution is -0.139. The van der Waals surface area contributed by atoms with Crippen LogP contribution in [0.3, 0.4) is 0 Å². The molecule has 1 saturated heterocycles. The minimum Gasteiger partial charge on any atom is -0.497 e. The highest BCUT2D eigenvalue weighted by Gasteiger charge is 2.46. The van der Waals surface area contributed by atoms with Gasteiger partial charge >= 0.3 is 11.9 Å². The quantitative estimate of drug-likeness (QED) is 0.252. The van der Waals surface area contributed by atoms with Crippen molar-refractivity contribution < 1.29 is 28.6 Å². The maximum atomic E-state index is 13.6. The molecule has 1 atom stereocenters. The van der Waals surface area contributed by atoms with E-state index in [1.54, 1.807) is 69.5 Å². The largest absolute Gasteiger partial charge is 0.497 e. The van der Waals surface area contributed by atoms with Gasteiger partial charge in [-0.3, -0.25) is 15.1 Å². The zero-order valence-electron chi connectivity index (χ0n) is 22.2. The number of benzene rings is 2. The van der Waals surface area contributed by atoms with Crippen LogP contribution in [0.4, 0.5) is 5.69 Å². The monoisotopic (exact) mass is 550 g/mol. The van der Waals surface area contributed by atoms with E-state index in [0.717, 1.165) is 24.6 Å². The molecule has 4 rings (SSSR count). The fourth-order valence-corrected chi connectivity index (χ4v) is 4.95. The summed E-state index contributed by atoms with van der Waals surface area (Å²) in [6, 6.07) is 13.0. The first kappa shape index (κ1) is 27.9. The standard InChI is InChI=1S/C28H30N4O6S/c1-5-7-16-38-26(34)19-8-12-20(13-9-19)30-31-24-25(33)32-23(18-10-14-21(36-4)15-11-18)22(27(35)37-6-2)17(3)29-28(32)39-24/h8-15,23,30H,5-7,16H2,1-4H3. The number of carbonyl (C=O) groups excluding carboxylic acids is 3. The predicted molar refractivity (Wildman–Crippen MR) is 150 cm³/mol. The lowest BCUT2D eigenvalue weighted by Crippen LogP contribution is -2.40. The van der Waals surface area contributed by atoms with E-state index in [9.17, 15) is 14.4 Å². The number of unbranched alkanes of at least 4 members (excludes halogenated alkanes) is 1. The molecule has 2 aliphatic heterocycles. The third-order valence-electron chi connectivity index (χ3n) is 6.05. The predicted octanol–water partition coefficient (Wildman–Crippen LogP) is 4.90. The molecule has 11 heteroatoms. The topological polar surface area (TPSA) is 119 Å². The van der Waals surface area contributed by atoms with Gasteiger partial charge in [-0.25, -0.2) is 14.6 Å². The van der Waals surface area contributed by atoms with Gasteiger partial charge in [-0.15, -0.1) is 0 Å². The molecule has 1 amide bonds. The van der Waals surface area contributed by atoms with Gasteiger partial charge in [-0.1, -0.05) is 25.5 Å². The number of allylic oxidation sites excluding steroid dienone is 1. The van der Waals surface area contributed by atoms with Gasteiger partial charge in [0.1, 0.15) is 5.75 Å². The average molecular weight is 551 g/mol. The highest BCUT2D eigenvalue weighted by Crippen LogP contribution is 2.42. The lowest BCUT2D eigenvalue weighted by atomic mass is 9.94. The molecule has 10 nitrogen and oxygen atoms in total. The number of thioether (sulfide) groups is 1. The molecule has 204 valence electrons. The molecule has 0 spiro atoms. The molecule has 0 saturated carbocycles. The summed E-state index contributed by atoms with van der Waals surface area (Å²) in [5.41, 5.74) is 5.34. The van der Waals surface area contributed by atoms with Crippen LogP contribution in [0, 0.1) is 0 Å². The first-order chi connectivity index (χ1) is 18.9. The zero-order chi connectivity index (χ0) is 27.9. The number of hydrogen-bond acceptors (Lipinski definition) is 10. The van der Waals surface area contributed by atoms with Gasteiger partial charge in [-0.2, -0.15) is 5.10 Å². The van der Waals surface area contributed by atoms with Crippen molar-refractivity contribution in [2.24, 2.45) is 10.1 Å². The number of nitrogens with zero attached hydrogens (tertiary/aromatic N) is 3. The second-order valence-corrected chi connectivity index (χ2v) is 9.62. The zero-order valence-corrected chi connectivity index (χ0v) is 23.0. The molecule has 1 unspecified atom stereocenters. The van der Waals surface area contributed by atoms with Gasteiger partial charge in [0.05, 0.1) is 48.9 Å². The van der Waals surface area contributed by atoms with Gasteiger partial charge in [-0.05, 0) is 74.0 Å². The van der Waals surface area contributed by atoms with E-state index in [1.807, 2.05) is 6.92 Å². The van der Waals surface area contributed by atoms with Crippen molar-refractivity contribution in [3.63, 3.8) is 0 Å². The van der Waals surface area contributed by atoms with E-state index in [1.165, 1.54) is 4.90 Å². The highest BCUT2D eigenvalue weighted by molar-refractivity contribution is 8.29. The van der Waals surface area contributed by atoms with E-state index in [0.29, 0.717) is 40.0 Å². The molecule has 0 radical (unpaired) electrons. The van der Waals surface area contributed by atoms with E-state index >= 15 is 0 Å². The van der Waals surface area contributed by atoms with Gasteiger partial charge in [0.15, 0.2) is 10.2 Å². The number of amides is 1. The number of rotatable bonds is 10. The first-order valence-corrected chi connectivity index (χ1v) is 13.4. The molecular weight excluding hydrogens is 520 g/mol. The molecule has 0 aliphatic carbocycles. The van der Waals surface area contributed by atoms with Crippen LogP contribution in [0.25, 0.3) is 0 Å². The Kier molecular flexibility index (Phi) is 9.03. The highest BCUT2D eigenvalue weighted by atomic mass is 32.2. The summed E-state index contributed by atoms with van der Waals surface area (Å²) in [4.78, 5) is 44.6. The number of hydrogen-bond donors (Lipinski definition) is 1. The number of anilines is 1. The number of aliphatic imine (C=N–C) groups is 1. The Bertz CT molecular complexity index is 1330. The van der Waals surface area contributed by atoms with Crippen molar-refractivity contribution in [3.05, 3.63) is 70.9 Å². The van der Waals surface area contributed by atoms with E-state index in [4.69, 9.17) is 14.2 Å². The van der Waals surface area contributed by atoms with Crippen molar-refractivity contribution in [1.82, 2.24) is 4.90 Å². The van der Waals surface area contributed by atoms with Gasteiger partial charge in [0.2, 0.25) is 0 Å². The van der Waals surface area contributed by atoms with Crippen LogP contribution in [-0.4, -0.2) is 53.3 Å². The van der Waals surface area contributed by atoms with E-state index in [-0.39, 0.29) is 23.2 Å². The Morgan fingerprint density at radius 2 is 1.77 bits per heavy atom. The number of methoxy groups -OCH3 is 1. The number of hydrazone groups is 1. The summed E-state index contributed by atoms with van der Waals surface area (Å²) >= 11 is 1.11. The number of fused-ring (bicyclic) bond motifs is 1. The van der Waals surface area contributed by atoms with Crippen LogP contribution in [-0.2, 0) is 19.1 Å². The minimum atomic E-state index is -0.742. The van der Waals surface area contributed by atoms with E-state index < -0.39 is 17.9 Å². The number of amidine groups is 1. The number of ether oxygens (including phenoxy) is 3. The molecule has 2 aliphatic rings. The molecule has 0 bridgehead atoms. The molecule has 0 aromatic heterocycles. The van der Waals surface area contributed by atoms with Crippen molar-refractivity contribution in [2.45, 2.75) is 39.7 Å². The SMILES string of the molecule is CCCCOC(=O)c1ccc(NN=C2SC3=NC(C)=C(C(=O)OCC)C(c4ccc(OC)cc4)N3C2=O)cc1. The van der Waals surface area contributed by atoms with Gasteiger partial charge < -0.3 is 14.2 Å². The summed E-state index contributed by atoms with van der Waals surface area (Å²) in [7, 11) is 1.57. The second kappa shape index (κ2) is 12.6. The Morgan fingerprint density at radius 3 is 2.41 bits per heavy atom. The van der Waals surface area contributed by atoms with Crippen LogP contribution in [0.1, 0.15) is 55.6 Å². The molecule has 2 heterocycles. The molecule has 39 heavy (non-hydrogen) atoms. The summed E-state index contributed by atoms with van der Waals surface area (Å²) < 4.78 is 15.8. The first-order valence-electron chi connectivity index (χ1n) is 12.6. The average Bonchev–Trinajstić information content (AvgIpc) is 3.26. The molecule has 2 aromatic rings. The normalized spacial score (nSPS) is 17.6. The number of carbonyl (C=O) groups is 3. The lowest BCUT2D eigenvalue weighted by Gasteiger charge is -2.32. The van der Waals surface area contributed by atoms with Gasteiger partial charge in [0.25, 0.3) is 5.91 Å². The Balaban J connectivity index is 1.57. The van der Waals surface area contributed by atoms with Crippen LogP contribution >= 0.6 is 11.8 Å². The van der Waals surface area contributed by atoms with E-state index in [2.05, 4.69) is 15.5 Å². The maximum Gasteiger partial charge on any atom is 0.338 e. The van der Waals surface area contributed by atoms with Crippen LogP contribution in [0.2, 0.25) is 0 Å². The Morgan fingerprint density at radius 1 is 1.05 bits per heavy atom.